The monoisotopic (exact) mass is 364 g/mol. The molecule has 0 amide bonds. The third kappa shape index (κ3) is 4.03. The zero-order valence-electron chi connectivity index (χ0n) is 10.6. The highest BCUT2D eigenvalue weighted by molar-refractivity contribution is 9.09. The van der Waals surface area contributed by atoms with Gasteiger partial charge in [0.2, 0.25) is 0 Å². The molecule has 0 spiro atoms. The normalized spacial score (nSPS) is 13.2. The molecule has 0 saturated carbocycles. The lowest BCUT2D eigenvalue weighted by molar-refractivity contribution is -0.137. The number of benzene rings is 2. The zero-order chi connectivity index (χ0) is 15.6. The minimum atomic E-state index is -4.38. The third-order valence-corrected chi connectivity index (χ3v) is 3.81. The van der Waals surface area contributed by atoms with Gasteiger partial charge in [-0.15, -0.1) is 0 Å². The van der Waals surface area contributed by atoms with E-state index in [1.54, 1.807) is 0 Å². The van der Waals surface area contributed by atoms with Gasteiger partial charge in [0.05, 0.1) is 5.56 Å². The van der Waals surface area contributed by atoms with E-state index in [1.807, 2.05) is 0 Å². The first-order valence-corrected chi connectivity index (χ1v) is 6.94. The Labute approximate surface area is 126 Å². The summed E-state index contributed by atoms with van der Waals surface area (Å²) < 4.78 is 63.8. The molecule has 0 heterocycles. The van der Waals surface area contributed by atoms with E-state index in [0.717, 1.165) is 24.3 Å². The highest BCUT2D eigenvalue weighted by Gasteiger charge is 2.30. The Morgan fingerprint density at radius 1 is 0.952 bits per heavy atom. The maximum atomic E-state index is 13.6. The molecule has 0 aliphatic rings. The molecule has 6 heteroatoms. The Morgan fingerprint density at radius 2 is 1.57 bits per heavy atom. The number of halogens is 6. The van der Waals surface area contributed by atoms with Crippen LogP contribution in [0.15, 0.2) is 42.5 Å². The van der Waals surface area contributed by atoms with Gasteiger partial charge in [0.1, 0.15) is 11.6 Å². The summed E-state index contributed by atoms with van der Waals surface area (Å²) in [7, 11) is 0. The average molecular weight is 365 g/mol. The maximum absolute atomic E-state index is 13.6. The fourth-order valence-electron chi connectivity index (χ4n) is 1.90. The molecule has 0 nitrogen and oxygen atoms in total. The van der Waals surface area contributed by atoms with Gasteiger partial charge < -0.3 is 0 Å². The van der Waals surface area contributed by atoms with Crippen molar-refractivity contribution in [2.75, 3.05) is 0 Å². The van der Waals surface area contributed by atoms with Crippen LogP contribution in [-0.4, -0.2) is 0 Å². The first kappa shape index (κ1) is 15.9. The molecule has 2 aromatic rings. The minimum Gasteiger partial charge on any atom is -0.207 e. The summed E-state index contributed by atoms with van der Waals surface area (Å²) in [6, 6.07) is 7.88. The molecule has 0 radical (unpaired) electrons. The van der Waals surface area contributed by atoms with Crippen LogP contribution in [0, 0.1) is 11.6 Å². The number of hydrogen-bond acceptors (Lipinski definition) is 0. The van der Waals surface area contributed by atoms with Gasteiger partial charge in [-0.05, 0) is 30.2 Å². The Morgan fingerprint density at radius 3 is 2.10 bits per heavy atom. The Hall–Kier alpha value is -1.43. The highest BCUT2D eigenvalue weighted by atomic mass is 79.9. The van der Waals surface area contributed by atoms with Crippen molar-refractivity contribution in [1.29, 1.82) is 0 Å². The molecule has 0 fully saturated rings. The van der Waals surface area contributed by atoms with Crippen molar-refractivity contribution in [1.82, 2.24) is 0 Å². The number of alkyl halides is 4. The van der Waals surface area contributed by atoms with Crippen molar-refractivity contribution >= 4 is 15.9 Å². The SMILES string of the molecule is Fc1ccc(C(Br)Cc2ccc(C(F)(F)F)cc2)c(F)c1. The molecule has 1 unspecified atom stereocenters. The number of rotatable bonds is 3. The molecule has 2 aromatic carbocycles. The van der Waals surface area contributed by atoms with Crippen molar-refractivity contribution in [2.45, 2.75) is 17.4 Å². The molecule has 0 saturated heterocycles. The van der Waals surface area contributed by atoms with E-state index in [2.05, 4.69) is 15.9 Å². The summed E-state index contributed by atoms with van der Waals surface area (Å²) in [5.74, 6) is -1.37. The van der Waals surface area contributed by atoms with Gasteiger partial charge in [-0.2, -0.15) is 13.2 Å². The molecular formula is C15H10BrF5. The van der Waals surface area contributed by atoms with Gasteiger partial charge in [-0.1, -0.05) is 34.1 Å². The first-order chi connectivity index (χ1) is 9.77. The van der Waals surface area contributed by atoms with Crippen LogP contribution in [0.4, 0.5) is 22.0 Å². The van der Waals surface area contributed by atoms with E-state index in [4.69, 9.17) is 0 Å². The van der Waals surface area contributed by atoms with Crippen LogP contribution in [0.25, 0.3) is 0 Å². The molecule has 21 heavy (non-hydrogen) atoms. The number of hydrogen-bond donors (Lipinski definition) is 0. The molecule has 2 rings (SSSR count). The summed E-state index contributed by atoms with van der Waals surface area (Å²) in [6.45, 7) is 0. The predicted molar refractivity (Wildman–Crippen MR) is 73.2 cm³/mol. The van der Waals surface area contributed by atoms with E-state index in [0.29, 0.717) is 12.0 Å². The van der Waals surface area contributed by atoms with Crippen LogP contribution in [-0.2, 0) is 12.6 Å². The van der Waals surface area contributed by atoms with E-state index < -0.39 is 28.2 Å². The second-order valence-electron chi connectivity index (χ2n) is 4.53. The summed E-state index contributed by atoms with van der Waals surface area (Å²) in [5.41, 5.74) is 0.148. The average Bonchev–Trinajstić information content (AvgIpc) is 2.38. The quantitative estimate of drug-likeness (QED) is 0.486. The van der Waals surface area contributed by atoms with E-state index >= 15 is 0 Å². The second kappa shape index (κ2) is 6.13. The molecular weight excluding hydrogens is 355 g/mol. The van der Waals surface area contributed by atoms with E-state index in [-0.39, 0.29) is 5.56 Å². The summed E-state index contributed by atoms with van der Waals surface area (Å²) in [4.78, 5) is -0.449. The van der Waals surface area contributed by atoms with Gasteiger partial charge >= 0.3 is 6.18 Å². The Kier molecular flexibility index (Phi) is 4.66. The summed E-state index contributed by atoms with van der Waals surface area (Å²) >= 11 is 3.27. The molecule has 0 aliphatic carbocycles. The zero-order valence-corrected chi connectivity index (χ0v) is 12.2. The van der Waals surface area contributed by atoms with E-state index in [1.165, 1.54) is 18.2 Å². The highest BCUT2D eigenvalue weighted by Crippen LogP contribution is 2.32. The van der Waals surface area contributed by atoms with Crippen LogP contribution < -0.4 is 0 Å². The van der Waals surface area contributed by atoms with Crippen LogP contribution in [0.3, 0.4) is 0 Å². The molecule has 1 atom stereocenters. The standard InChI is InChI=1S/C15H10BrF5/c16-13(12-6-5-11(17)8-14(12)18)7-9-1-3-10(4-2-9)15(19,20)21/h1-6,8,13H,7H2. The van der Waals surface area contributed by atoms with Crippen LogP contribution in [0.2, 0.25) is 0 Å². The van der Waals surface area contributed by atoms with Crippen molar-refractivity contribution in [2.24, 2.45) is 0 Å². The molecule has 0 N–H and O–H groups in total. The van der Waals surface area contributed by atoms with Crippen molar-refractivity contribution < 1.29 is 22.0 Å². The molecule has 0 aromatic heterocycles. The summed E-state index contributed by atoms with van der Waals surface area (Å²) in [6.07, 6.45) is -4.09. The molecule has 0 bridgehead atoms. The van der Waals surface area contributed by atoms with E-state index in [9.17, 15) is 22.0 Å². The predicted octanol–water partition coefficient (Wildman–Crippen LogP) is 5.66. The van der Waals surface area contributed by atoms with Gasteiger partial charge in [-0.3, -0.25) is 0 Å². The lowest BCUT2D eigenvalue weighted by Crippen LogP contribution is -2.05. The Bertz CT molecular complexity index is 619. The largest absolute Gasteiger partial charge is 0.416 e. The lowest BCUT2D eigenvalue weighted by atomic mass is 10.0. The topological polar surface area (TPSA) is 0 Å². The van der Waals surface area contributed by atoms with Crippen molar-refractivity contribution in [3.05, 3.63) is 70.8 Å². The van der Waals surface area contributed by atoms with Gasteiger partial charge in [0.25, 0.3) is 0 Å². The third-order valence-electron chi connectivity index (χ3n) is 3.00. The molecule has 112 valence electrons. The van der Waals surface area contributed by atoms with Crippen molar-refractivity contribution in [3.63, 3.8) is 0 Å². The minimum absolute atomic E-state index is 0.260. The van der Waals surface area contributed by atoms with Crippen LogP contribution >= 0.6 is 15.9 Å². The second-order valence-corrected chi connectivity index (χ2v) is 5.64. The summed E-state index contributed by atoms with van der Waals surface area (Å²) in [5, 5.41) is 0. The smallest absolute Gasteiger partial charge is 0.207 e. The first-order valence-electron chi connectivity index (χ1n) is 6.02. The lowest BCUT2D eigenvalue weighted by Gasteiger charge is -2.12. The fourth-order valence-corrected chi connectivity index (χ4v) is 2.65. The Balaban J connectivity index is 2.14. The molecule has 0 aliphatic heterocycles. The van der Waals surface area contributed by atoms with Crippen LogP contribution in [0.5, 0.6) is 0 Å². The van der Waals surface area contributed by atoms with Gasteiger partial charge in [0.15, 0.2) is 0 Å². The van der Waals surface area contributed by atoms with Gasteiger partial charge in [-0.25, -0.2) is 8.78 Å². The fraction of sp³-hybridized carbons (Fsp3) is 0.200. The maximum Gasteiger partial charge on any atom is 0.416 e. The van der Waals surface area contributed by atoms with Gasteiger partial charge in [0, 0.05) is 16.5 Å². The van der Waals surface area contributed by atoms with Crippen LogP contribution in [0.1, 0.15) is 21.5 Å². The van der Waals surface area contributed by atoms with Crippen molar-refractivity contribution in [3.8, 4) is 0 Å².